The van der Waals surface area contributed by atoms with Crippen LogP contribution < -0.4 is 5.73 Å². The number of hydrogen-bond donors (Lipinski definition) is 2. The zero-order chi connectivity index (χ0) is 11.3. The lowest BCUT2D eigenvalue weighted by molar-refractivity contribution is 0.194. The molecule has 1 heterocycles. The smallest absolute Gasteiger partial charge is 0.144 e. The molecule has 0 saturated heterocycles. The Bertz CT molecular complexity index is 296. The number of likely N-dealkylation sites (N-methyl/N-ethyl adjacent to an activating group) is 1. The van der Waals surface area contributed by atoms with Gasteiger partial charge in [0.1, 0.15) is 11.6 Å². The van der Waals surface area contributed by atoms with Crippen molar-refractivity contribution in [1.82, 2.24) is 14.9 Å². The number of nitrogens with zero attached hydrogens (tertiary/aromatic N) is 3. The van der Waals surface area contributed by atoms with E-state index >= 15 is 0 Å². The van der Waals surface area contributed by atoms with E-state index in [4.69, 9.17) is 10.8 Å². The van der Waals surface area contributed by atoms with Gasteiger partial charge in [0, 0.05) is 18.3 Å². The average molecular weight is 210 g/mol. The lowest BCUT2D eigenvalue weighted by Crippen LogP contribution is -2.27. The summed E-state index contributed by atoms with van der Waals surface area (Å²) in [4.78, 5) is 10.5. The van der Waals surface area contributed by atoms with Gasteiger partial charge in [0.05, 0.1) is 13.2 Å². The number of aliphatic hydroxyl groups is 1. The molecule has 0 unspecified atom stereocenters. The molecule has 5 heteroatoms. The van der Waals surface area contributed by atoms with Crippen molar-refractivity contribution in [3.05, 3.63) is 17.6 Å². The van der Waals surface area contributed by atoms with Crippen molar-refractivity contribution in [1.29, 1.82) is 0 Å². The Balaban J connectivity index is 2.69. The first-order valence-corrected chi connectivity index (χ1v) is 5.09. The fourth-order valence-electron chi connectivity index (χ4n) is 1.42. The minimum absolute atomic E-state index is 0.148. The van der Waals surface area contributed by atoms with Crippen LogP contribution in [-0.4, -0.2) is 39.7 Å². The SMILES string of the molecule is CCN(CCO)Cc1nc(C)cc(N)n1. The molecule has 0 atom stereocenters. The maximum Gasteiger partial charge on any atom is 0.144 e. The summed E-state index contributed by atoms with van der Waals surface area (Å²) in [5.41, 5.74) is 6.50. The molecule has 84 valence electrons. The van der Waals surface area contributed by atoms with Crippen LogP contribution >= 0.6 is 0 Å². The molecule has 0 aliphatic carbocycles. The summed E-state index contributed by atoms with van der Waals surface area (Å²) in [6.45, 7) is 6.20. The average Bonchev–Trinajstić information content (AvgIpc) is 2.15. The summed E-state index contributed by atoms with van der Waals surface area (Å²) < 4.78 is 0. The minimum Gasteiger partial charge on any atom is -0.395 e. The maximum absolute atomic E-state index is 8.85. The first-order valence-electron chi connectivity index (χ1n) is 5.09. The zero-order valence-electron chi connectivity index (χ0n) is 9.27. The molecule has 15 heavy (non-hydrogen) atoms. The molecular weight excluding hydrogens is 192 g/mol. The predicted molar refractivity (Wildman–Crippen MR) is 59.2 cm³/mol. The van der Waals surface area contributed by atoms with Crippen molar-refractivity contribution >= 4 is 5.82 Å². The number of anilines is 1. The summed E-state index contributed by atoms with van der Waals surface area (Å²) in [5, 5.41) is 8.85. The van der Waals surface area contributed by atoms with Crippen molar-refractivity contribution in [3.63, 3.8) is 0 Å². The third kappa shape index (κ3) is 3.81. The van der Waals surface area contributed by atoms with Gasteiger partial charge in [-0.2, -0.15) is 0 Å². The molecule has 1 rings (SSSR count). The molecule has 0 fully saturated rings. The lowest BCUT2D eigenvalue weighted by Gasteiger charge is -2.18. The van der Waals surface area contributed by atoms with Crippen LogP contribution in [0.5, 0.6) is 0 Å². The minimum atomic E-state index is 0.148. The van der Waals surface area contributed by atoms with Crippen molar-refractivity contribution in [2.45, 2.75) is 20.4 Å². The number of aliphatic hydroxyl groups excluding tert-OH is 1. The summed E-state index contributed by atoms with van der Waals surface area (Å²) in [6.07, 6.45) is 0. The summed E-state index contributed by atoms with van der Waals surface area (Å²) in [7, 11) is 0. The molecule has 1 aromatic heterocycles. The molecular formula is C10H18N4O. The van der Waals surface area contributed by atoms with Gasteiger partial charge in [-0.05, 0) is 13.5 Å². The van der Waals surface area contributed by atoms with Gasteiger partial charge in [0.2, 0.25) is 0 Å². The number of hydrogen-bond acceptors (Lipinski definition) is 5. The highest BCUT2D eigenvalue weighted by Crippen LogP contribution is 2.04. The molecule has 0 aliphatic rings. The third-order valence-corrected chi connectivity index (χ3v) is 2.15. The Morgan fingerprint density at radius 1 is 1.47 bits per heavy atom. The number of nitrogen functional groups attached to an aromatic ring is 1. The Kier molecular flexibility index (Phi) is 4.45. The van der Waals surface area contributed by atoms with E-state index in [0.717, 1.165) is 12.2 Å². The van der Waals surface area contributed by atoms with Gasteiger partial charge >= 0.3 is 0 Å². The van der Waals surface area contributed by atoms with E-state index in [1.54, 1.807) is 6.07 Å². The number of aryl methyl sites for hydroxylation is 1. The number of rotatable bonds is 5. The fraction of sp³-hybridized carbons (Fsp3) is 0.600. The Labute approximate surface area is 90.0 Å². The van der Waals surface area contributed by atoms with Gasteiger partial charge in [-0.3, -0.25) is 4.90 Å². The summed E-state index contributed by atoms with van der Waals surface area (Å²) in [6, 6.07) is 1.74. The molecule has 0 bridgehead atoms. The fourth-order valence-corrected chi connectivity index (χ4v) is 1.42. The second-order valence-electron chi connectivity index (χ2n) is 3.44. The lowest BCUT2D eigenvalue weighted by atomic mass is 10.4. The van der Waals surface area contributed by atoms with Gasteiger partial charge < -0.3 is 10.8 Å². The van der Waals surface area contributed by atoms with Crippen LogP contribution in [0, 0.1) is 6.92 Å². The van der Waals surface area contributed by atoms with Gasteiger partial charge in [-0.1, -0.05) is 6.92 Å². The van der Waals surface area contributed by atoms with E-state index in [0.29, 0.717) is 24.7 Å². The first kappa shape index (κ1) is 11.9. The highest BCUT2D eigenvalue weighted by atomic mass is 16.3. The van der Waals surface area contributed by atoms with Gasteiger partial charge in [-0.25, -0.2) is 9.97 Å². The monoisotopic (exact) mass is 210 g/mol. The van der Waals surface area contributed by atoms with Gasteiger partial charge in [0.15, 0.2) is 0 Å². The van der Waals surface area contributed by atoms with Gasteiger partial charge in [0.25, 0.3) is 0 Å². The zero-order valence-corrected chi connectivity index (χ0v) is 9.27. The standard InChI is InChI=1S/C10H18N4O/c1-3-14(4-5-15)7-10-12-8(2)6-9(11)13-10/h6,15H,3-5,7H2,1-2H3,(H2,11,12,13). The Morgan fingerprint density at radius 2 is 2.20 bits per heavy atom. The number of aromatic nitrogens is 2. The molecule has 1 aromatic rings. The molecule has 3 N–H and O–H groups in total. The van der Waals surface area contributed by atoms with E-state index < -0.39 is 0 Å². The van der Waals surface area contributed by atoms with Gasteiger partial charge in [-0.15, -0.1) is 0 Å². The molecule has 0 spiro atoms. The molecule has 0 saturated carbocycles. The molecule has 0 aromatic carbocycles. The number of nitrogens with two attached hydrogens (primary N) is 1. The Morgan fingerprint density at radius 3 is 2.73 bits per heavy atom. The van der Waals surface area contributed by atoms with Crippen LogP contribution in [0.1, 0.15) is 18.4 Å². The Hall–Kier alpha value is -1.20. The van der Waals surface area contributed by atoms with Crippen LogP contribution in [0.15, 0.2) is 6.07 Å². The van der Waals surface area contributed by atoms with Crippen LogP contribution in [0.25, 0.3) is 0 Å². The normalized spacial score (nSPS) is 10.9. The topological polar surface area (TPSA) is 75.3 Å². The van der Waals surface area contributed by atoms with Crippen LogP contribution in [0.4, 0.5) is 5.82 Å². The van der Waals surface area contributed by atoms with Crippen molar-refractivity contribution in [3.8, 4) is 0 Å². The van der Waals surface area contributed by atoms with E-state index in [1.807, 2.05) is 13.8 Å². The first-order chi connectivity index (χ1) is 7.15. The molecule has 5 nitrogen and oxygen atoms in total. The van der Waals surface area contributed by atoms with E-state index in [1.165, 1.54) is 0 Å². The van der Waals surface area contributed by atoms with Crippen molar-refractivity contribution < 1.29 is 5.11 Å². The van der Waals surface area contributed by atoms with E-state index in [-0.39, 0.29) is 6.61 Å². The van der Waals surface area contributed by atoms with E-state index in [2.05, 4.69) is 14.9 Å². The predicted octanol–water partition coefficient (Wildman–Crippen LogP) is 0.181. The maximum atomic E-state index is 8.85. The summed E-state index contributed by atoms with van der Waals surface area (Å²) >= 11 is 0. The quantitative estimate of drug-likeness (QED) is 0.725. The second kappa shape index (κ2) is 5.63. The highest BCUT2D eigenvalue weighted by molar-refractivity contribution is 5.29. The molecule has 0 amide bonds. The second-order valence-corrected chi connectivity index (χ2v) is 3.44. The third-order valence-electron chi connectivity index (χ3n) is 2.15. The van der Waals surface area contributed by atoms with Crippen molar-refractivity contribution in [2.75, 3.05) is 25.4 Å². The van der Waals surface area contributed by atoms with Crippen LogP contribution in [0.3, 0.4) is 0 Å². The van der Waals surface area contributed by atoms with Crippen LogP contribution in [0.2, 0.25) is 0 Å². The largest absolute Gasteiger partial charge is 0.395 e. The summed E-state index contributed by atoms with van der Waals surface area (Å²) in [5.74, 6) is 1.21. The van der Waals surface area contributed by atoms with Crippen LogP contribution in [-0.2, 0) is 6.54 Å². The molecule has 0 radical (unpaired) electrons. The van der Waals surface area contributed by atoms with E-state index in [9.17, 15) is 0 Å². The highest BCUT2D eigenvalue weighted by Gasteiger charge is 2.06. The molecule has 0 aliphatic heterocycles. The van der Waals surface area contributed by atoms with Crippen molar-refractivity contribution in [2.24, 2.45) is 0 Å².